The van der Waals surface area contributed by atoms with Gasteiger partial charge in [0.1, 0.15) is 0 Å². The van der Waals surface area contributed by atoms with Crippen LogP contribution in [0.2, 0.25) is 0 Å². The van der Waals surface area contributed by atoms with Crippen molar-refractivity contribution in [3.63, 3.8) is 0 Å². The highest BCUT2D eigenvalue weighted by Gasteiger charge is 2.24. The lowest BCUT2D eigenvalue weighted by molar-refractivity contribution is 0.216. The third-order valence-electron chi connectivity index (χ3n) is 4.03. The van der Waals surface area contributed by atoms with E-state index in [1.165, 1.54) is 25.7 Å². The molecule has 0 aromatic carbocycles. The van der Waals surface area contributed by atoms with Gasteiger partial charge in [-0.05, 0) is 51.4 Å². The zero-order chi connectivity index (χ0) is 12.0. The highest BCUT2D eigenvalue weighted by atomic mass is 16.2. The molecule has 1 rings (SSSR count). The fourth-order valence-electron chi connectivity index (χ4n) is 3.00. The van der Waals surface area contributed by atoms with Crippen molar-refractivity contribution >= 4 is 0 Å². The van der Waals surface area contributed by atoms with Crippen LogP contribution in [0.1, 0.15) is 59.3 Å². The second-order valence-electron chi connectivity index (χ2n) is 5.75. The molecule has 0 aromatic heterocycles. The van der Waals surface area contributed by atoms with E-state index in [2.05, 4.69) is 26.1 Å². The van der Waals surface area contributed by atoms with Crippen LogP contribution in [0, 0.1) is 11.8 Å². The molecule has 0 saturated heterocycles. The van der Waals surface area contributed by atoms with Crippen molar-refractivity contribution in [2.45, 2.75) is 71.4 Å². The lowest BCUT2D eigenvalue weighted by atomic mass is 9.79. The largest absolute Gasteiger partial charge is 0.396 e. The Kier molecular flexibility index (Phi) is 6.37. The second kappa shape index (κ2) is 7.29. The Bertz CT molecular complexity index is 184. The summed E-state index contributed by atoms with van der Waals surface area (Å²) in [5, 5.41) is 12.5. The first-order valence-corrected chi connectivity index (χ1v) is 7.00. The molecule has 2 nitrogen and oxygen atoms in total. The summed E-state index contributed by atoms with van der Waals surface area (Å²) in [6, 6.07) is 1.18. The molecule has 1 aliphatic rings. The van der Waals surface area contributed by atoms with Crippen LogP contribution in [0.4, 0.5) is 0 Å². The van der Waals surface area contributed by atoms with Crippen LogP contribution >= 0.6 is 0 Å². The zero-order valence-electron chi connectivity index (χ0n) is 11.2. The quantitative estimate of drug-likeness (QED) is 0.731. The normalized spacial score (nSPS) is 30.0. The molecule has 0 spiro atoms. The van der Waals surface area contributed by atoms with Crippen molar-refractivity contribution in [1.82, 2.24) is 5.32 Å². The summed E-state index contributed by atoms with van der Waals surface area (Å²) in [5.74, 6) is 1.77. The lowest BCUT2D eigenvalue weighted by Crippen LogP contribution is -2.41. The molecule has 0 bridgehead atoms. The summed E-state index contributed by atoms with van der Waals surface area (Å²) in [6.07, 6.45) is 7.61. The molecular formula is C14H29NO. The van der Waals surface area contributed by atoms with E-state index in [0.29, 0.717) is 18.7 Å². The molecule has 0 heterocycles. The lowest BCUT2D eigenvalue weighted by Gasteiger charge is -2.33. The Morgan fingerprint density at radius 3 is 2.69 bits per heavy atom. The number of hydrogen-bond acceptors (Lipinski definition) is 2. The molecule has 0 aromatic rings. The molecule has 4 atom stereocenters. The van der Waals surface area contributed by atoms with E-state index in [9.17, 15) is 0 Å². The molecule has 96 valence electrons. The van der Waals surface area contributed by atoms with Crippen LogP contribution < -0.4 is 5.32 Å². The summed E-state index contributed by atoms with van der Waals surface area (Å²) < 4.78 is 0. The molecule has 1 saturated carbocycles. The average molecular weight is 227 g/mol. The van der Waals surface area contributed by atoms with Gasteiger partial charge in [0.2, 0.25) is 0 Å². The van der Waals surface area contributed by atoms with Gasteiger partial charge in [0.15, 0.2) is 0 Å². The summed E-state index contributed by atoms with van der Waals surface area (Å²) in [7, 11) is 0. The third kappa shape index (κ3) is 4.84. The van der Waals surface area contributed by atoms with Crippen LogP contribution in [-0.2, 0) is 0 Å². The van der Waals surface area contributed by atoms with Crippen LogP contribution in [0.3, 0.4) is 0 Å². The molecule has 1 fully saturated rings. The Labute approximate surface area is 101 Å². The Morgan fingerprint density at radius 1 is 1.31 bits per heavy atom. The Morgan fingerprint density at radius 2 is 2.06 bits per heavy atom. The first-order chi connectivity index (χ1) is 7.63. The van der Waals surface area contributed by atoms with Crippen LogP contribution in [0.25, 0.3) is 0 Å². The minimum Gasteiger partial charge on any atom is -0.396 e. The van der Waals surface area contributed by atoms with Crippen molar-refractivity contribution in [3.05, 3.63) is 0 Å². The zero-order valence-corrected chi connectivity index (χ0v) is 11.2. The first kappa shape index (κ1) is 14.0. The van der Waals surface area contributed by atoms with Crippen LogP contribution in [0.15, 0.2) is 0 Å². The minimum absolute atomic E-state index is 0.320. The van der Waals surface area contributed by atoms with Gasteiger partial charge in [-0.1, -0.05) is 19.8 Å². The van der Waals surface area contributed by atoms with E-state index in [4.69, 9.17) is 5.11 Å². The molecule has 2 N–H and O–H groups in total. The third-order valence-corrected chi connectivity index (χ3v) is 4.03. The van der Waals surface area contributed by atoms with E-state index in [0.717, 1.165) is 24.7 Å². The number of hydrogen-bond donors (Lipinski definition) is 2. The van der Waals surface area contributed by atoms with Gasteiger partial charge in [-0.2, -0.15) is 0 Å². The van der Waals surface area contributed by atoms with Gasteiger partial charge in [-0.25, -0.2) is 0 Å². The number of rotatable bonds is 6. The molecular weight excluding hydrogens is 198 g/mol. The topological polar surface area (TPSA) is 32.3 Å². The summed E-state index contributed by atoms with van der Waals surface area (Å²) in [4.78, 5) is 0. The molecule has 1 aliphatic carbocycles. The van der Waals surface area contributed by atoms with E-state index in [-0.39, 0.29) is 0 Å². The maximum Gasteiger partial charge on any atom is 0.0431 e. The van der Waals surface area contributed by atoms with E-state index < -0.39 is 0 Å². The average Bonchev–Trinajstić information content (AvgIpc) is 2.26. The van der Waals surface area contributed by atoms with Crippen molar-refractivity contribution in [1.29, 1.82) is 0 Å². The molecule has 0 amide bonds. The van der Waals surface area contributed by atoms with Crippen LogP contribution in [-0.4, -0.2) is 23.8 Å². The Balaban J connectivity index is 2.24. The van der Waals surface area contributed by atoms with Gasteiger partial charge in [0.05, 0.1) is 0 Å². The Hall–Kier alpha value is -0.0800. The van der Waals surface area contributed by atoms with Crippen LogP contribution in [0.5, 0.6) is 0 Å². The predicted octanol–water partition coefficient (Wildman–Crippen LogP) is 2.95. The van der Waals surface area contributed by atoms with E-state index >= 15 is 0 Å². The van der Waals surface area contributed by atoms with Gasteiger partial charge in [-0.3, -0.25) is 0 Å². The second-order valence-corrected chi connectivity index (χ2v) is 5.75. The monoisotopic (exact) mass is 227 g/mol. The molecule has 4 unspecified atom stereocenters. The highest BCUT2D eigenvalue weighted by molar-refractivity contribution is 4.80. The maximum absolute atomic E-state index is 8.80. The van der Waals surface area contributed by atoms with Gasteiger partial charge < -0.3 is 10.4 Å². The van der Waals surface area contributed by atoms with Gasteiger partial charge in [0, 0.05) is 18.7 Å². The van der Waals surface area contributed by atoms with E-state index in [1.54, 1.807) is 0 Å². The number of aliphatic hydroxyl groups excluding tert-OH is 1. The maximum atomic E-state index is 8.80. The van der Waals surface area contributed by atoms with Crippen molar-refractivity contribution in [2.24, 2.45) is 11.8 Å². The SMILES string of the molecule is CC1CCCC(C(C)NC(C)CCCO)C1. The first-order valence-electron chi connectivity index (χ1n) is 7.00. The fraction of sp³-hybridized carbons (Fsp3) is 1.00. The van der Waals surface area contributed by atoms with E-state index in [1.807, 2.05) is 0 Å². The minimum atomic E-state index is 0.320. The smallest absolute Gasteiger partial charge is 0.0431 e. The fourth-order valence-corrected chi connectivity index (χ4v) is 3.00. The summed E-state index contributed by atoms with van der Waals surface area (Å²) >= 11 is 0. The standard InChI is InChI=1S/C14H29NO/c1-11-6-4-8-14(10-11)13(3)15-12(2)7-5-9-16/h11-16H,4-10H2,1-3H3. The van der Waals surface area contributed by atoms with Gasteiger partial charge in [0.25, 0.3) is 0 Å². The molecule has 2 heteroatoms. The summed E-state index contributed by atoms with van der Waals surface area (Å²) in [6.45, 7) is 7.27. The molecule has 16 heavy (non-hydrogen) atoms. The highest BCUT2D eigenvalue weighted by Crippen LogP contribution is 2.30. The molecule has 0 radical (unpaired) electrons. The number of aliphatic hydroxyl groups is 1. The van der Waals surface area contributed by atoms with Gasteiger partial charge in [-0.15, -0.1) is 0 Å². The predicted molar refractivity (Wildman–Crippen MR) is 69.5 cm³/mol. The summed E-state index contributed by atoms with van der Waals surface area (Å²) in [5.41, 5.74) is 0. The number of nitrogens with one attached hydrogen (secondary N) is 1. The molecule has 0 aliphatic heterocycles. The van der Waals surface area contributed by atoms with Crippen molar-refractivity contribution in [2.75, 3.05) is 6.61 Å². The van der Waals surface area contributed by atoms with Crippen molar-refractivity contribution in [3.8, 4) is 0 Å². The van der Waals surface area contributed by atoms with Crippen molar-refractivity contribution < 1.29 is 5.11 Å². The van der Waals surface area contributed by atoms with Gasteiger partial charge >= 0.3 is 0 Å².